The second-order valence-corrected chi connectivity index (χ2v) is 8.71. The maximum Gasteiger partial charge on any atom is 0.326 e. The van der Waals surface area contributed by atoms with Crippen LogP contribution in [-0.4, -0.2) is 74.7 Å². The normalized spacial score (nSPS) is 14.2. The summed E-state index contributed by atoms with van der Waals surface area (Å²) in [7, 11) is 0. The minimum atomic E-state index is -1.51. The van der Waals surface area contributed by atoms with E-state index in [1.165, 1.54) is 12.5 Å². The number of hydrogen-bond donors (Lipinski definition) is 8. The van der Waals surface area contributed by atoms with E-state index in [2.05, 4.69) is 25.9 Å². The number of carbonyl (C=O) groups excluding carboxylic acids is 5. The Kier molecular flexibility index (Phi) is 12.0. The van der Waals surface area contributed by atoms with Gasteiger partial charge in [0.25, 0.3) is 0 Å². The molecule has 36 heavy (non-hydrogen) atoms. The number of aromatic nitrogens is 2. The topological polar surface area (TPSA) is 265 Å². The highest BCUT2D eigenvalue weighted by Gasteiger charge is 2.31. The first-order valence-electron chi connectivity index (χ1n) is 11.2. The first kappa shape index (κ1) is 30.0. The van der Waals surface area contributed by atoms with E-state index >= 15 is 0 Å². The number of nitrogens with one attached hydrogen (secondary N) is 4. The van der Waals surface area contributed by atoms with Crippen molar-refractivity contribution in [3.05, 3.63) is 18.2 Å². The third kappa shape index (κ3) is 10.9. The van der Waals surface area contributed by atoms with Crippen molar-refractivity contribution in [2.45, 2.75) is 70.1 Å². The lowest BCUT2D eigenvalue weighted by molar-refractivity contribution is -0.143. The van der Waals surface area contributed by atoms with Crippen molar-refractivity contribution in [3.63, 3.8) is 0 Å². The van der Waals surface area contributed by atoms with Crippen molar-refractivity contribution in [1.82, 2.24) is 25.9 Å². The summed E-state index contributed by atoms with van der Waals surface area (Å²) in [5, 5.41) is 16.5. The molecule has 0 fully saturated rings. The third-order valence-electron chi connectivity index (χ3n) is 5.01. The van der Waals surface area contributed by atoms with Gasteiger partial charge in [0, 0.05) is 24.7 Å². The van der Waals surface area contributed by atoms with E-state index in [0.717, 1.165) is 0 Å². The molecule has 0 bridgehead atoms. The molecule has 5 amide bonds. The predicted molar refractivity (Wildman–Crippen MR) is 125 cm³/mol. The van der Waals surface area contributed by atoms with E-state index < -0.39 is 66.1 Å². The van der Waals surface area contributed by atoms with Crippen molar-refractivity contribution < 1.29 is 33.9 Å². The molecule has 200 valence electrons. The highest BCUT2D eigenvalue weighted by Crippen LogP contribution is 2.07. The number of nitrogens with two attached hydrogens (primary N) is 3. The standard InChI is InChI=1S/C21H34N8O7/c1-10(2)5-15(21(35)36)29-20(34)14(7-17(24)31)28-19(33)13(6-11-8-25-9-26-11)27-18(32)12(22)3-4-16(23)30/h8-10,12-15H,3-7,22H2,1-2H3,(H2,23,30)(H2,24,31)(H,25,26)(H,27,32)(H,28,33)(H,29,34)(H,35,36). The monoisotopic (exact) mass is 510 g/mol. The number of hydrogen-bond acceptors (Lipinski definition) is 8. The summed E-state index contributed by atoms with van der Waals surface area (Å²) in [5.41, 5.74) is 16.5. The van der Waals surface area contributed by atoms with Crippen molar-refractivity contribution in [1.29, 1.82) is 0 Å². The van der Waals surface area contributed by atoms with Crippen LogP contribution in [0.15, 0.2) is 12.5 Å². The van der Waals surface area contributed by atoms with Crippen LogP contribution in [0.4, 0.5) is 0 Å². The Morgan fingerprint density at radius 1 is 0.944 bits per heavy atom. The summed E-state index contributed by atoms with van der Waals surface area (Å²) < 4.78 is 0. The molecule has 1 aromatic heterocycles. The highest BCUT2D eigenvalue weighted by atomic mass is 16.4. The zero-order chi connectivity index (χ0) is 27.4. The number of H-pyrrole nitrogens is 1. The fourth-order valence-electron chi connectivity index (χ4n) is 3.18. The molecular formula is C21H34N8O7. The second kappa shape index (κ2) is 14.4. The fourth-order valence-corrected chi connectivity index (χ4v) is 3.18. The van der Waals surface area contributed by atoms with Crippen LogP contribution in [0.1, 0.15) is 45.2 Å². The van der Waals surface area contributed by atoms with E-state index in [1.54, 1.807) is 13.8 Å². The average Bonchev–Trinajstić information content (AvgIpc) is 3.28. The predicted octanol–water partition coefficient (Wildman–Crippen LogP) is -2.99. The van der Waals surface area contributed by atoms with Crippen LogP contribution in [0.25, 0.3) is 0 Å². The quantitative estimate of drug-likeness (QED) is 0.112. The number of carbonyl (C=O) groups is 6. The molecule has 1 aromatic rings. The van der Waals surface area contributed by atoms with Gasteiger partial charge in [-0.15, -0.1) is 0 Å². The first-order chi connectivity index (χ1) is 16.8. The molecule has 0 aliphatic heterocycles. The molecule has 0 aliphatic rings. The highest BCUT2D eigenvalue weighted by molar-refractivity contribution is 5.96. The van der Waals surface area contributed by atoms with Gasteiger partial charge in [0.1, 0.15) is 18.1 Å². The summed E-state index contributed by atoms with van der Waals surface area (Å²) in [6.07, 6.45) is 1.97. The Balaban J connectivity index is 3.05. The molecule has 0 aliphatic carbocycles. The van der Waals surface area contributed by atoms with E-state index in [0.29, 0.717) is 5.69 Å². The number of nitrogens with zero attached hydrogens (tertiary/aromatic N) is 1. The molecule has 1 heterocycles. The minimum Gasteiger partial charge on any atom is -0.480 e. The van der Waals surface area contributed by atoms with Gasteiger partial charge in [-0.2, -0.15) is 0 Å². The lowest BCUT2D eigenvalue weighted by Gasteiger charge is -2.25. The van der Waals surface area contributed by atoms with Gasteiger partial charge >= 0.3 is 5.97 Å². The minimum absolute atomic E-state index is 0.0568. The van der Waals surface area contributed by atoms with E-state index in [1.807, 2.05) is 0 Å². The van der Waals surface area contributed by atoms with E-state index in [4.69, 9.17) is 17.2 Å². The Hall–Kier alpha value is -4.01. The molecule has 1 rings (SSSR count). The molecule has 11 N–H and O–H groups in total. The summed E-state index contributed by atoms with van der Waals surface area (Å²) in [5.74, 6) is -5.47. The lowest BCUT2D eigenvalue weighted by Crippen LogP contribution is -2.58. The van der Waals surface area contributed by atoms with Crippen LogP contribution >= 0.6 is 0 Å². The average molecular weight is 511 g/mol. The Labute approximate surface area is 207 Å². The number of aromatic amines is 1. The van der Waals surface area contributed by atoms with Crippen molar-refractivity contribution in [3.8, 4) is 0 Å². The molecule has 0 aromatic carbocycles. The van der Waals surface area contributed by atoms with Crippen molar-refractivity contribution >= 4 is 35.5 Å². The molecule has 15 nitrogen and oxygen atoms in total. The fraction of sp³-hybridized carbons (Fsp3) is 0.571. The summed E-state index contributed by atoms with van der Waals surface area (Å²) in [6.45, 7) is 3.53. The van der Waals surface area contributed by atoms with Crippen LogP contribution in [0.5, 0.6) is 0 Å². The summed E-state index contributed by atoms with van der Waals surface area (Å²) in [6, 6.07) is -5.18. The van der Waals surface area contributed by atoms with Gasteiger partial charge in [-0.1, -0.05) is 13.8 Å². The zero-order valence-electron chi connectivity index (χ0n) is 20.2. The van der Waals surface area contributed by atoms with Gasteiger partial charge in [0.15, 0.2) is 0 Å². The largest absolute Gasteiger partial charge is 0.480 e. The van der Waals surface area contributed by atoms with Gasteiger partial charge in [0.2, 0.25) is 29.5 Å². The number of rotatable bonds is 16. The number of imidazole rings is 1. The maximum absolute atomic E-state index is 13.1. The van der Waals surface area contributed by atoms with Crippen molar-refractivity contribution in [2.24, 2.45) is 23.1 Å². The van der Waals surface area contributed by atoms with Crippen molar-refractivity contribution in [2.75, 3.05) is 0 Å². The SMILES string of the molecule is CC(C)CC(NC(=O)C(CC(N)=O)NC(=O)C(Cc1cnc[nH]1)NC(=O)C(N)CCC(N)=O)C(=O)O. The Bertz CT molecular complexity index is 935. The zero-order valence-corrected chi connectivity index (χ0v) is 20.2. The van der Waals surface area contributed by atoms with E-state index in [9.17, 15) is 33.9 Å². The van der Waals surface area contributed by atoms with Gasteiger partial charge in [-0.05, 0) is 18.8 Å². The first-order valence-corrected chi connectivity index (χ1v) is 11.2. The molecular weight excluding hydrogens is 476 g/mol. The van der Waals surface area contributed by atoms with Gasteiger partial charge in [0.05, 0.1) is 18.8 Å². The number of carboxylic acid groups (broad SMARTS) is 1. The number of aliphatic carboxylic acids is 1. The lowest BCUT2D eigenvalue weighted by atomic mass is 10.0. The van der Waals surface area contributed by atoms with Gasteiger partial charge < -0.3 is 43.2 Å². The summed E-state index contributed by atoms with van der Waals surface area (Å²) in [4.78, 5) is 79.0. The smallest absolute Gasteiger partial charge is 0.326 e. The Morgan fingerprint density at radius 2 is 1.53 bits per heavy atom. The maximum atomic E-state index is 13.1. The molecule has 4 atom stereocenters. The molecule has 15 heteroatoms. The Morgan fingerprint density at radius 3 is 2.03 bits per heavy atom. The number of amides is 5. The molecule has 0 spiro atoms. The summed E-state index contributed by atoms with van der Waals surface area (Å²) >= 11 is 0. The van der Waals surface area contributed by atoms with Crippen LogP contribution < -0.4 is 33.2 Å². The van der Waals surface area contributed by atoms with Gasteiger partial charge in [-0.3, -0.25) is 24.0 Å². The molecule has 0 radical (unpaired) electrons. The van der Waals surface area contributed by atoms with Crippen LogP contribution in [0.3, 0.4) is 0 Å². The number of primary amides is 2. The molecule has 0 saturated carbocycles. The molecule has 4 unspecified atom stereocenters. The third-order valence-corrected chi connectivity index (χ3v) is 5.01. The molecule has 0 saturated heterocycles. The second-order valence-electron chi connectivity index (χ2n) is 8.71. The van der Waals surface area contributed by atoms with Crippen LogP contribution in [0, 0.1) is 5.92 Å². The van der Waals surface area contributed by atoms with Crippen LogP contribution in [-0.2, 0) is 35.2 Å². The van der Waals surface area contributed by atoms with Crippen LogP contribution in [0.2, 0.25) is 0 Å². The number of carboxylic acids is 1. The van der Waals surface area contributed by atoms with E-state index in [-0.39, 0.29) is 31.6 Å². The van der Waals surface area contributed by atoms with Gasteiger partial charge in [-0.25, -0.2) is 9.78 Å².